The van der Waals surface area contributed by atoms with Gasteiger partial charge in [0, 0.05) is 36.6 Å². The van der Waals surface area contributed by atoms with Gasteiger partial charge in [-0.2, -0.15) is 0 Å². The van der Waals surface area contributed by atoms with Crippen molar-refractivity contribution in [1.29, 1.82) is 0 Å². The van der Waals surface area contributed by atoms with Crippen molar-refractivity contribution in [1.82, 2.24) is 9.21 Å². The zero-order chi connectivity index (χ0) is 15.2. The number of allylic oxidation sites excluding steroid dienone is 2. The summed E-state index contributed by atoms with van der Waals surface area (Å²) in [6.07, 6.45) is 3.29. The molecule has 1 fully saturated rings. The number of hydrogen-bond acceptors (Lipinski definition) is 2. The number of hydrogen-bond donors (Lipinski definition) is 0. The Kier molecular flexibility index (Phi) is 5.47. The molecule has 1 heterocycles. The summed E-state index contributed by atoms with van der Waals surface area (Å²) in [6.45, 7) is 7.34. The first-order valence-corrected chi connectivity index (χ1v) is 8.11. The summed E-state index contributed by atoms with van der Waals surface area (Å²) in [5.41, 5.74) is 0.700. The predicted molar refractivity (Wildman–Crippen MR) is 86.0 cm³/mol. The molecule has 5 heteroatoms. The lowest BCUT2D eigenvalue weighted by molar-refractivity contribution is 0.0648. The Balaban J connectivity index is 2.00. The molecule has 0 bridgehead atoms. The predicted octanol–water partition coefficient (Wildman–Crippen LogP) is 2.20. The van der Waals surface area contributed by atoms with E-state index in [0.29, 0.717) is 25.2 Å². The standard InChI is InChI=1S/C16H20N2O2S/c1-3-4-12-21(20)18-11-10-17(13-14(18)2)16(19)15-8-6-5-7-9-15/h3-9,12,14H,1,10-11,13H2,2H3/b12-4+. The molecular formula is C16H20N2O2S. The van der Waals surface area contributed by atoms with Crippen molar-refractivity contribution in [3.05, 3.63) is 60.0 Å². The van der Waals surface area contributed by atoms with Gasteiger partial charge in [0.15, 0.2) is 0 Å². The minimum atomic E-state index is -1.17. The molecule has 4 nitrogen and oxygen atoms in total. The van der Waals surface area contributed by atoms with E-state index in [2.05, 4.69) is 6.58 Å². The Morgan fingerprint density at radius 3 is 2.67 bits per heavy atom. The maximum Gasteiger partial charge on any atom is 0.253 e. The lowest BCUT2D eigenvalue weighted by Gasteiger charge is -2.38. The van der Waals surface area contributed by atoms with Gasteiger partial charge in [-0.1, -0.05) is 36.9 Å². The van der Waals surface area contributed by atoms with Crippen LogP contribution in [0.5, 0.6) is 0 Å². The highest BCUT2D eigenvalue weighted by Gasteiger charge is 2.29. The fourth-order valence-electron chi connectivity index (χ4n) is 2.36. The quantitative estimate of drug-likeness (QED) is 0.800. The summed E-state index contributed by atoms with van der Waals surface area (Å²) in [5, 5.41) is 1.62. The van der Waals surface area contributed by atoms with Crippen molar-refractivity contribution in [3.8, 4) is 0 Å². The summed E-state index contributed by atoms with van der Waals surface area (Å²) < 4.78 is 14.0. The van der Waals surface area contributed by atoms with Gasteiger partial charge in [-0.25, -0.2) is 8.51 Å². The molecule has 21 heavy (non-hydrogen) atoms. The van der Waals surface area contributed by atoms with Gasteiger partial charge >= 0.3 is 0 Å². The molecule has 1 amide bonds. The molecule has 1 aromatic rings. The highest BCUT2D eigenvalue weighted by molar-refractivity contribution is 7.85. The van der Waals surface area contributed by atoms with Crippen molar-refractivity contribution in [3.63, 3.8) is 0 Å². The van der Waals surface area contributed by atoms with Crippen molar-refractivity contribution >= 4 is 16.9 Å². The Morgan fingerprint density at radius 1 is 1.33 bits per heavy atom. The van der Waals surface area contributed by atoms with E-state index in [1.165, 1.54) is 0 Å². The summed E-state index contributed by atoms with van der Waals surface area (Å²) in [6, 6.07) is 9.33. The number of carbonyl (C=O) groups is 1. The molecular weight excluding hydrogens is 284 g/mol. The van der Waals surface area contributed by atoms with Crippen molar-refractivity contribution in [2.75, 3.05) is 19.6 Å². The summed E-state index contributed by atoms with van der Waals surface area (Å²) >= 11 is 0. The highest BCUT2D eigenvalue weighted by atomic mass is 32.2. The van der Waals surface area contributed by atoms with E-state index in [1.807, 2.05) is 46.5 Å². The number of rotatable bonds is 4. The first kappa shape index (κ1) is 15.7. The Labute approximate surface area is 128 Å². The molecule has 112 valence electrons. The monoisotopic (exact) mass is 304 g/mol. The number of piperazine rings is 1. The van der Waals surface area contributed by atoms with Crippen LogP contribution in [-0.4, -0.2) is 45.0 Å². The van der Waals surface area contributed by atoms with E-state index in [0.717, 1.165) is 0 Å². The van der Waals surface area contributed by atoms with Crippen LogP contribution in [0.25, 0.3) is 0 Å². The molecule has 0 aromatic heterocycles. The van der Waals surface area contributed by atoms with Gasteiger partial charge in [0.25, 0.3) is 5.91 Å². The van der Waals surface area contributed by atoms with Crippen LogP contribution in [0.3, 0.4) is 0 Å². The Bertz CT molecular complexity index is 557. The van der Waals surface area contributed by atoms with E-state index >= 15 is 0 Å². The van der Waals surface area contributed by atoms with Crippen molar-refractivity contribution in [2.24, 2.45) is 0 Å². The highest BCUT2D eigenvalue weighted by Crippen LogP contribution is 2.15. The first-order chi connectivity index (χ1) is 10.1. The molecule has 1 saturated heterocycles. The maximum atomic E-state index is 12.4. The van der Waals surface area contributed by atoms with Crippen LogP contribution in [0, 0.1) is 0 Å². The zero-order valence-electron chi connectivity index (χ0n) is 12.1. The summed E-state index contributed by atoms with van der Waals surface area (Å²) in [4.78, 5) is 14.2. The molecule has 0 N–H and O–H groups in total. The van der Waals surface area contributed by atoms with Crippen LogP contribution in [0.2, 0.25) is 0 Å². The average molecular weight is 304 g/mol. The second-order valence-corrected chi connectivity index (χ2v) is 6.24. The van der Waals surface area contributed by atoms with E-state index in [-0.39, 0.29) is 11.9 Å². The Hall–Kier alpha value is -1.72. The van der Waals surface area contributed by atoms with E-state index < -0.39 is 11.0 Å². The molecule has 2 unspecified atom stereocenters. The first-order valence-electron chi connectivity index (χ1n) is 6.94. The third-order valence-electron chi connectivity index (χ3n) is 3.44. The largest absolute Gasteiger partial charge is 0.336 e. The average Bonchev–Trinajstić information content (AvgIpc) is 2.52. The molecule has 0 saturated carbocycles. The molecule has 2 rings (SSSR count). The van der Waals surface area contributed by atoms with Gasteiger partial charge < -0.3 is 4.90 Å². The molecule has 0 radical (unpaired) electrons. The maximum absolute atomic E-state index is 12.4. The number of nitrogens with zero attached hydrogens (tertiary/aromatic N) is 2. The van der Waals surface area contributed by atoms with E-state index in [4.69, 9.17) is 0 Å². The van der Waals surface area contributed by atoms with Crippen LogP contribution in [-0.2, 0) is 11.0 Å². The SMILES string of the molecule is C=C/C=C/S(=O)N1CCN(C(=O)c2ccccc2)CC1C. The minimum Gasteiger partial charge on any atom is -0.336 e. The lowest BCUT2D eigenvalue weighted by Crippen LogP contribution is -2.53. The normalized spacial score (nSPS) is 21.4. The third-order valence-corrected chi connectivity index (χ3v) is 4.83. The summed E-state index contributed by atoms with van der Waals surface area (Å²) in [7, 11) is -1.17. The molecule has 1 aliphatic rings. The van der Waals surface area contributed by atoms with Gasteiger partial charge in [0.1, 0.15) is 11.0 Å². The zero-order valence-corrected chi connectivity index (χ0v) is 13.0. The van der Waals surface area contributed by atoms with Gasteiger partial charge in [-0.15, -0.1) is 0 Å². The van der Waals surface area contributed by atoms with E-state index in [9.17, 15) is 9.00 Å². The lowest BCUT2D eigenvalue weighted by atomic mass is 10.1. The fourth-order valence-corrected chi connectivity index (χ4v) is 3.44. The minimum absolute atomic E-state index is 0.0366. The second-order valence-electron chi connectivity index (χ2n) is 4.95. The van der Waals surface area contributed by atoms with Gasteiger partial charge in [0.05, 0.1) is 0 Å². The van der Waals surface area contributed by atoms with E-state index in [1.54, 1.807) is 17.6 Å². The van der Waals surface area contributed by atoms with Crippen LogP contribution >= 0.6 is 0 Å². The summed E-state index contributed by atoms with van der Waals surface area (Å²) in [5.74, 6) is 0.0366. The van der Waals surface area contributed by atoms with Crippen LogP contribution in [0.4, 0.5) is 0 Å². The fraction of sp³-hybridized carbons (Fsp3) is 0.312. The molecule has 1 aliphatic heterocycles. The smallest absolute Gasteiger partial charge is 0.253 e. The Morgan fingerprint density at radius 2 is 2.05 bits per heavy atom. The van der Waals surface area contributed by atoms with Crippen LogP contribution < -0.4 is 0 Å². The number of benzene rings is 1. The molecule has 0 spiro atoms. The van der Waals surface area contributed by atoms with Crippen molar-refractivity contribution in [2.45, 2.75) is 13.0 Å². The van der Waals surface area contributed by atoms with Crippen LogP contribution in [0.15, 0.2) is 54.5 Å². The van der Waals surface area contributed by atoms with Crippen molar-refractivity contribution < 1.29 is 9.00 Å². The second kappa shape index (κ2) is 7.33. The van der Waals surface area contributed by atoms with Gasteiger partial charge in [-0.3, -0.25) is 4.79 Å². The number of amides is 1. The topological polar surface area (TPSA) is 40.6 Å². The molecule has 1 aromatic carbocycles. The molecule has 2 atom stereocenters. The van der Waals surface area contributed by atoms with Gasteiger partial charge in [-0.05, 0) is 19.1 Å². The number of carbonyl (C=O) groups excluding carboxylic acids is 1. The van der Waals surface area contributed by atoms with Crippen LogP contribution in [0.1, 0.15) is 17.3 Å². The van der Waals surface area contributed by atoms with Gasteiger partial charge in [0.2, 0.25) is 0 Å². The molecule has 0 aliphatic carbocycles. The third kappa shape index (κ3) is 3.89.